The molecule has 94 valence electrons. The Morgan fingerprint density at radius 3 is 3.06 bits per heavy atom. The van der Waals surface area contributed by atoms with Gasteiger partial charge < -0.3 is 10.5 Å². The highest BCUT2D eigenvalue weighted by atomic mass is 79.9. The lowest BCUT2D eigenvalue weighted by Gasteiger charge is -2.16. The Kier molecular flexibility index (Phi) is 4.42. The monoisotopic (exact) mass is 298 g/mol. The minimum Gasteiger partial charge on any atom is -0.398 e. The van der Waals surface area contributed by atoms with Crippen molar-refractivity contribution in [1.82, 2.24) is 4.90 Å². The van der Waals surface area contributed by atoms with Gasteiger partial charge in [0.25, 0.3) is 0 Å². The van der Waals surface area contributed by atoms with Gasteiger partial charge >= 0.3 is 0 Å². The van der Waals surface area contributed by atoms with Crippen molar-refractivity contribution in [1.29, 1.82) is 0 Å². The fourth-order valence-electron chi connectivity index (χ4n) is 2.36. The van der Waals surface area contributed by atoms with Gasteiger partial charge in [0.2, 0.25) is 0 Å². The third-order valence-corrected chi connectivity index (χ3v) is 3.93. The topological polar surface area (TPSA) is 38.5 Å². The summed E-state index contributed by atoms with van der Waals surface area (Å²) in [5.41, 5.74) is 7.89. The van der Waals surface area contributed by atoms with E-state index in [0.29, 0.717) is 5.92 Å². The van der Waals surface area contributed by atoms with Crippen molar-refractivity contribution in [2.75, 3.05) is 32.5 Å². The highest BCUT2D eigenvalue weighted by Gasteiger charge is 2.22. The summed E-state index contributed by atoms with van der Waals surface area (Å²) in [7, 11) is 1.78. The maximum atomic E-state index is 5.78. The molecule has 1 aromatic rings. The van der Waals surface area contributed by atoms with Crippen LogP contribution in [0, 0.1) is 5.92 Å². The van der Waals surface area contributed by atoms with Gasteiger partial charge in [0, 0.05) is 30.4 Å². The standard InChI is InChI=1S/C13H19BrN2O/c1-17-9-11-4-5-16(8-11)7-10-2-3-13(15)12(14)6-10/h2-3,6,11H,4-5,7-9,15H2,1H3. The number of rotatable bonds is 4. The second-order valence-electron chi connectivity index (χ2n) is 4.70. The molecule has 0 spiro atoms. The molecule has 1 fully saturated rings. The second kappa shape index (κ2) is 5.85. The first-order valence-corrected chi connectivity index (χ1v) is 6.73. The number of methoxy groups -OCH3 is 1. The van der Waals surface area contributed by atoms with E-state index in [4.69, 9.17) is 10.5 Å². The van der Waals surface area contributed by atoms with E-state index < -0.39 is 0 Å². The van der Waals surface area contributed by atoms with Crippen LogP contribution in [0.15, 0.2) is 22.7 Å². The van der Waals surface area contributed by atoms with Crippen LogP contribution in [0.2, 0.25) is 0 Å². The number of halogens is 1. The van der Waals surface area contributed by atoms with Crippen LogP contribution in [-0.4, -0.2) is 31.7 Å². The fraction of sp³-hybridized carbons (Fsp3) is 0.538. The average Bonchev–Trinajstić information content (AvgIpc) is 2.72. The molecule has 0 amide bonds. The van der Waals surface area contributed by atoms with Crippen molar-refractivity contribution in [3.63, 3.8) is 0 Å². The molecule has 2 rings (SSSR count). The average molecular weight is 299 g/mol. The predicted molar refractivity (Wildman–Crippen MR) is 73.8 cm³/mol. The Bertz CT molecular complexity index is 384. The van der Waals surface area contributed by atoms with E-state index in [1.165, 1.54) is 12.0 Å². The Morgan fingerprint density at radius 2 is 2.35 bits per heavy atom. The summed E-state index contributed by atoms with van der Waals surface area (Å²) in [5, 5.41) is 0. The number of anilines is 1. The molecule has 1 atom stereocenters. The molecule has 2 N–H and O–H groups in total. The Balaban J connectivity index is 1.91. The lowest BCUT2D eigenvalue weighted by atomic mass is 10.1. The van der Waals surface area contributed by atoms with Crippen molar-refractivity contribution < 1.29 is 4.74 Å². The highest BCUT2D eigenvalue weighted by molar-refractivity contribution is 9.10. The smallest absolute Gasteiger partial charge is 0.0503 e. The highest BCUT2D eigenvalue weighted by Crippen LogP contribution is 2.23. The van der Waals surface area contributed by atoms with Crippen LogP contribution < -0.4 is 5.73 Å². The molecule has 3 nitrogen and oxygen atoms in total. The third kappa shape index (κ3) is 3.44. The molecule has 0 radical (unpaired) electrons. The summed E-state index contributed by atoms with van der Waals surface area (Å²) in [4.78, 5) is 2.47. The summed E-state index contributed by atoms with van der Waals surface area (Å²) in [6, 6.07) is 6.17. The number of likely N-dealkylation sites (tertiary alicyclic amines) is 1. The summed E-state index contributed by atoms with van der Waals surface area (Å²) < 4.78 is 6.20. The first-order chi connectivity index (χ1) is 8.19. The van der Waals surface area contributed by atoms with Gasteiger partial charge in [-0.2, -0.15) is 0 Å². The molecule has 1 saturated heterocycles. The molecular weight excluding hydrogens is 280 g/mol. The predicted octanol–water partition coefficient (Wildman–Crippen LogP) is 2.50. The maximum Gasteiger partial charge on any atom is 0.0503 e. The van der Waals surface area contributed by atoms with Crippen LogP contribution >= 0.6 is 15.9 Å². The summed E-state index contributed by atoms with van der Waals surface area (Å²) >= 11 is 3.47. The van der Waals surface area contributed by atoms with Crippen molar-refractivity contribution in [2.24, 2.45) is 5.92 Å². The van der Waals surface area contributed by atoms with Crippen molar-refractivity contribution in [3.8, 4) is 0 Å². The fourth-order valence-corrected chi connectivity index (χ4v) is 2.78. The molecule has 17 heavy (non-hydrogen) atoms. The van der Waals surface area contributed by atoms with Crippen molar-refractivity contribution in [3.05, 3.63) is 28.2 Å². The number of nitrogen functional groups attached to an aromatic ring is 1. The van der Waals surface area contributed by atoms with Crippen LogP contribution in [0.3, 0.4) is 0 Å². The van der Waals surface area contributed by atoms with Gasteiger partial charge in [-0.05, 0) is 52.5 Å². The largest absolute Gasteiger partial charge is 0.398 e. The molecule has 0 aromatic heterocycles. The van der Waals surface area contributed by atoms with Crippen molar-refractivity contribution >= 4 is 21.6 Å². The van der Waals surface area contributed by atoms with E-state index in [2.05, 4.69) is 33.0 Å². The van der Waals surface area contributed by atoms with Crippen LogP contribution in [0.4, 0.5) is 5.69 Å². The van der Waals surface area contributed by atoms with Gasteiger partial charge in [0.05, 0.1) is 6.61 Å². The van der Waals surface area contributed by atoms with Gasteiger partial charge in [0.1, 0.15) is 0 Å². The van der Waals surface area contributed by atoms with E-state index in [1.807, 2.05) is 6.07 Å². The zero-order valence-electron chi connectivity index (χ0n) is 10.2. The molecule has 0 bridgehead atoms. The number of nitrogens with zero attached hydrogens (tertiary/aromatic N) is 1. The molecule has 1 aliphatic rings. The number of benzene rings is 1. The normalized spacial score (nSPS) is 20.9. The molecule has 1 aromatic carbocycles. The molecule has 0 saturated carbocycles. The number of hydrogen-bond donors (Lipinski definition) is 1. The number of ether oxygens (including phenoxy) is 1. The summed E-state index contributed by atoms with van der Waals surface area (Å²) in [6.45, 7) is 4.17. The molecule has 1 heterocycles. The van der Waals surface area contributed by atoms with Crippen LogP contribution in [0.25, 0.3) is 0 Å². The molecule has 4 heteroatoms. The summed E-state index contributed by atoms with van der Waals surface area (Å²) in [6.07, 6.45) is 1.24. The Hall–Kier alpha value is -0.580. The molecule has 1 unspecified atom stereocenters. The van der Waals surface area contributed by atoms with E-state index in [0.717, 1.165) is 36.4 Å². The molecule has 1 aliphatic heterocycles. The van der Waals surface area contributed by atoms with E-state index >= 15 is 0 Å². The first-order valence-electron chi connectivity index (χ1n) is 5.94. The van der Waals surface area contributed by atoms with Crippen LogP contribution in [-0.2, 0) is 11.3 Å². The SMILES string of the molecule is COCC1CCN(Cc2ccc(N)c(Br)c2)C1. The first kappa shape index (κ1) is 12.9. The van der Waals surface area contributed by atoms with Gasteiger partial charge in [-0.1, -0.05) is 6.07 Å². The molecule has 0 aliphatic carbocycles. The van der Waals surface area contributed by atoms with Gasteiger partial charge in [-0.25, -0.2) is 0 Å². The van der Waals surface area contributed by atoms with Crippen LogP contribution in [0.5, 0.6) is 0 Å². The second-order valence-corrected chi connectivity index (χ2v) is 5.56. The minimum absolute atomic E-state index is 0.692. The zero-order valence-corrected chi connectivity index (χ0v) is 11.7. The third-order valence-electron chi connectivity index (χ3n) is 3.24. The lowest BCUT2D eigenvalue weighted by Crippen LogP contribution is -2.21. The van der Waals surface area contributed by atoms with Crippen molar-refractivity contribution in [2.45, 2.75) is 13.0 Å². The van der Waals surface area contributed by atoms with Gasteiger partial charge in [-0.3, -0.25) is 4.90 Å². The van der Waals surface area contributed by atoms with Gasteiger partial charge in [-0.15, -0.1) is 0 Å². The Morgan fingerprint density at radius 1 is 1.53 bits per heavy atom. The van der Waals surface area contributed by atoms with Gasteiger partial charge in [0.15, 0.2) is 0 Å². The summed E-state index contributed by atoms with van der Waals surface area (Å²) in [5.74, 6) is 0.692. The maximum absolute atomic E-state index is 5.78. The quantitative estimate of drug-likeness (QED) is 0.868. The number of nitrogens with two attached hydrogens (primary N) is 1. The number of hydrogen-bond acceptors (Lipinski definition) is 3. The van der Waals surface area contributed by atoms with E-state index in [9.17, 15) is 0 Å². The van der Waals surface area contributed by atoms with E-state index in [1.54, 1.807) is 7.11 Å². The molecular formula is C13H19BrN2O. The Labute approximate surface area is 111 Å². The minimum atomic E-state index is 0.692. The van der Waals surface area contributed by atoms with Crippen LogP contribution in [0.1, 0.15) is 12.0 Å². The lowest BCUT2D eigenvalue weighted by molar-refractivity contribution is 0.152. The zero-order chi connectivity index (χ0) is 12.3. The van der Waals surface area contributed by atoms with E-state index in [-0.39, 0.29) is 0 Å².